The normalized spacial score (nSPS) is 16.8. The molecule has 25 heavy (non-hydrogen) atoms. The van der Waals surface area contributed by atoms with Gasteiger partial charge in [0.05, 0.1) is 11.8 Å². The van der Waals surface area contributed by atoms with Gasteiger partial charge >= 0.3 is 5.97 Å². The lowest BCUT2D eigenvalue weighted by Crippen LogP contribution is -2.49. The molecule has 1 saturated heterocycles. The van der Waals surface area contributed by atoms with Crippen molar-refractivity contribution in [3.05, 3.63) is 30.3 Å². The van der Waals surface area contributed by atoms with Crippen LogP contribution in [0.4, 0.5) is 0 Å². The molecule has 1 heterocycles. The van der Waals surface area contributed by atoms with E-state index in [1.165, 1.54) is 0 Å². The van der Waals surface area contributed by atoms with Crippen LogP contribution in [0.3, 0.4) is 0 Å². The molecule has 1 unspecified atom stereocenters. The smallest absolute Gasteiger partial charge is 0.317 e. The molecule has 0 saturated carbocycles. The summed E-state index contributed by atoms with van der Waals surface area (Å²) >= 11 is 1.63. The van der Waals surface area contributed by atoms with E-state index in [4.69, 9.17) is 5.11 Å². The summed E-state index contributed by atoms with van der Waals surface area (Å²) in [6.45, 7) is 6.28. The Morgan fingerprint density at radius 3 is 2.40 bits per heavy atom. The van der Waals surface area contributed by atoms with Crippen molar-refractivity contribution < 1.29 is 14.7 Å². The molecule has 1 N–H and O–H groups in total. The van der Waals surface area contributed by atoms with Crippen LogP contribution in [0, 0.1) is 0 Å². The molecule has 1 aromatic carbocycles. The third kappa shape index (κ3) is 5.75. The van der Waals surface area contributed by atoms with Crippen LogP contribution in [0.5, 0.6) is 0 Å². The zero-order valence-electron chi connectivity index (χ0n) is 15.1. The number of aliphatic carboxylic acids is 1. The number of nitrogens with zero attached hydrogens (tertiary/aromatic N) is 2. The molecule has 0 bridgehead atoms. The monoisotopic (exact) mass is 364 g/mol. The highest BCUT2D eigenvalue weighted by molar-refractivity contribution is 8.00. The standard InChI is InChI=1S/C19H28N2O3S/c1-3-17(25-16-8-6-5-7-9-16)19(24)21-12-10-15(11-13-21)20(4-2)14-18(22)23/h5-9,15,17H,3-4,10-14H2,1-2H3,(H,22,23). The number of benzene rings is 1. The lowest BCUT2D eigenvalue weighted by molar-refractivity contribution is -0.140. The topological polar surface area (TPSA) is 60.9 Å². The first kappa shape index (κ1) is 19.8. The number of carbonyl (C=O) groups excluding carboxylic acids is 1. The highest BCUT2D eigenvalue weighted by Gasteiger charge is 2.30. The van der Waals surface area contributed by atoms with Crippen LogP contribution >= 0.6 is 11.8 Å². The summed E-state index contributed by atoms with van der Waals surface area (Å²) in [6.07, 6.45) is 2.50. The van der Waals surface area contributed by atoms with E-state index in [0.717, 1.165) is 30.7 Å². The number of piperidine rings is 1. The molecule has 138 valence electrons. The van der Waals surface area contributed by atoms with Gasteiger partial charge in [0.15, 0.2) is 0 Å². The number of carboxylic acids is 1. The molecule has 2 rings (SSSR count). The number of rotatable bonds is 8. The first-order valence-electron chi connectivity index (χ1n) is 9.01. The van der Waals surface area contributed by atoms with Crippen molar-refractivity contribution in [3.63, 3.8) is 0 Å². The summed E-state index contributed by atoms with van der Waals surface area (Å²) in [5.74, 6) is -0.582. The number of hydrogen-bond acceptors (Lipinski definition) is 4. The number of hydrogen-bond donors (Lipinski definition) is 1. The van der Waals surface area contributed by atoms with Gasteiger partial charge in [-0.2, -0.15) is 0 Å². The molecular weight excluding hydrogens is 336 g/mol. The second-order valence-electron chi connectivity index (χ2n) is 6.34. The van der Waals surface area contributed by atoms with Crippen molar-refractivity contribution in [3.8, 4) is 0 Å². The Hall–Kier alpha value is -1.53. The largest absolute Gasteiger partial charge is 0.480 e. The fourth-order valence-corrected chi connectivity index (χ4v) is 4.36. The zero-order chi connectivity index (χ0) is 18.2. The van der Waals surface area contributed by atoms with Crippen LogP contribution in [0.25, 0.3) is 0 Å². The number of thioether (sulfide) groups is 1. The van der Waals surface area contributed by atoms with Gasteiger partial charge in [0, 0.05) is 24.0 Å². The number of carboxylic acid groups (broad SMARTS) is 1. The zero-order valence-corrected chi connectivity index (χ0v) is 15.9. The number of likely N-dealkylation sites (tertiary alicyclic amines) is 1. The molecule has 1 aliphatic heterocycles. The van der Waals surface area contributed by atoms with Crippen LogP contribution in [-0.2, 0) is 9.59 Å². The lowest BCUT2D eigenvalue weighted by Gasteiger charge is -2.38. The first-order chi connectivity index (χ1) is 12.0. The molecule has 1 atom stereocenters. The highest BCUT2D eigenvalue weighted by atomic mass is 32.2. The second kappa shape index (κ2) is 9.82. The fraction of sp³-hybridized carbons (Fsp3) is 0.579. The fourth-order valence-electron chi connectivity index (χ4n) is 3.30. The summed E-state index contributed by atoms with van der Waals surface area (Å²) in [7, 11) is 0. The van der Waals surface area contributed by atoms with Gasteiger partial charge < -0.3 is 10.0 Å². The van der Waals surface area contributed by atoms with E-state index < -0.39 is 5.97 Å². The maximum atomic E-state index is 12.9. The van der Waals surface area contributed by atoms with E-state index in [0.29, 0.717) is 13.1 Å². The van der Waals surface area contributed by atoms with Gasteiger partial charge in [0.25, 0.3) is 0 Å². The molecule has 0 radical (unpaired) electrons. The van der Waals surface area contributed by atoms with Crippen LogP contribution in [0.2, 0.25) is 0 Å². The van der Waals surface area contributed by atoms with Crippen molar-refractivity contribution >= 4 is 23.6 Å². The van der Waals surface area contributed by atoms with Gasteiger partial charge in [-0.1, -0.05) is 32.0 Å². The average Bonchev–Trinajstić information content (AvgIpc) is 2.64. The van der Waals surface area contributed by atoms with Gasteiger partial charge in [-0.05, 0) is 37.9 Å². The van der Waals surface area contributed by atoms with Gasteiger partial charge in [-0.3, -0.25) is 14.5 Å². The Kier molecular flexibility index (Phi) is 7.78. The third-order valence-electron chi connectivity index (χ3n) is 4.70. The maximum Gasteiger partial charge on any atom is 0.317 e. The Morgan fingerprint density at radius 1 is 1.24 bits per heavy atom. The quantitative estimate of drug-likeness (QED) is 0.719. The van der Waals surface area contributed by atoms with E-state index in [1.807, 2.05) is 47.1 Å². The molecule has 1 aliphatic rings. The molecule has 1 aromatic rings. The Labute approximate surface area is 154 Å². The van der Waals surface area contributed by atoms with Crippen molar-refractivity contribution in [2.24, 2.45) is 0 Å². The minimum absolute atomic E-state index is 0.0553. The predicted molar refractivity (Wildman–Crippen MR) is 101 cm³/mol. The van der Waals surface area contributed by atoms with E-state index >= 15 is 0 Å². The molecular formula is C19H28N2O3S. The van der Waals surface area contributed by atoms with Crippen molar-refractivity contribution in [2.45, 2.75) is 49.3 Å². The number of amides is 1. The van der Waals surface area contributed by atoms with Crippen molar-refractivity contribution in [1.29, 1.82) is 0 Å². The predicted octanol–water partition coefficient (Wildman–Crippen LogP) is 2.95. The van der Waals surface area contributed by atoms with Crippen molar-refractivity contribution in [2.75, 3.05) is 26.2 Å². The van der Waals surface area contributed by atoms with Gasteiger partial charge in [-0.25, -0.2) is 0 Å². The summed E-state index contributed by atoms with van der Waals surface area (Å²) < 4.78 is 0. The third-order valence-corrected chi connectivity index (χ3v) is 6.07. The SMILES string of the molecule is CCC(Sc1ccccc1)C(=O)N1CCC(N(CC)CC(=O)O)CC1. The minimum atomic E-state index is -0.786. The average molecular weight is 365 g/mol. The highest BCUT2D eigenvalue weighted by Crippen LogP contribution is 2.28. The van der Waals surface area contributed by atoms with Gasteiger partial charge in [-0.15, -0.1) is 11.8 Å². The van der Waals surface area contributed by atoms with Crippen LogP contribution in [0.1, 0.15) is 33.1 Å². The van der Waals surface area contributed by atoms with Gasteiger partial charge in [0.1, 0.15) is 0 Å². The summed E-state index contributed by atoms with van der Waals surface area (Å²) in [6, 6.07) is 10.3. The van der Waals surface area contributed by atoms with Crippen LogP contribution < -0.4 is 0 Å². The first-order valence-corrected chi connectivity index (χ1v) is 9.89. The van der Waals surface area contributed by atoms with Crippen molar-refractivity contribution in [1.82, 2.24) is 9.80 Å². The Balaban J connectivity index is 1.89. The number of carbonyl (C=O) groups is 2. The van der Waals surface area contributed by atoms with E-state index in [9.17, 15) is 9.59 Å². The van der Waals surface area contributed by atoms with Crippen LogP contribution in [-0.4, -0.2) is 64.3 Å². The molecule has 0 spiro atoms. The van der Waals surface area contributed by atoms with Crippen LogP contribution in [0.15, 0.2) is 35.2 Å². The molecule has 6 heteroatoms. The lowest BCUT2D eigenvalue weighted by atomic mass is 10.0. The minimum Gasteiger partial charge on any atom is -0.480 e. The summed E-state index contributed by atoms with van der Waals surface area (Å²) in [4.78, 5) is 28.9. The Bertz CT molecular complexity index is 559. The molecule has 0 aromatic heterocycles. The molecule has 5 nitrogen and oxygen atoms in total. The molecule has 0 aliphatic carbocycles. The van der Waals surface area contributed by atoms with Gasteiger partial charge in [0.2, 0.25) is 5.91 Å². The van der Waals surface area contributed by atoms with E-state index in [2.05, 4.69) is 6.92 Å². The summed E-state index contributed by atoms with van der Waals surface area (Å²) in [5.41, 5.74) is 0. The Morgan fingerprint density at radius 2 is 1.88 bits per heavy atom. The number of likely N-dealkylation sites (N-methyl/N-ethyl adjacent to an activating group) is 1. The van der Waals surface area contributed by atoms with E-state index in [1.54, 1.807) is 11.8 Å². The maximum absolute atomic E-state index is 12.9. The molecule has 1 amide bonds. The molecule has 1 fully saturated rings. The summed E-state index contributed by atoms with van der Waals surface area (Å²) in [5, 5.41) is 8.97. The van der Waals surface area contributed by atoms with E-state index in [-0.39, 0.29) is 23.7 Å². The second-order valence-corrected chi connectivity index (χ2v) is 7.62.